The summed E-state index contributed by atoms with van der Waals surface area (Å²) in [6, 6.07) is 4.22. The molecule has 2 rings (SSSR count). The smallest absolute Gasteiger partial charge is 0.211 e. The Morgan fingerprint density at radius 2 is 2.17 bits per heavy atom. The van der Waals surface area contributed by atoms with Crippen LogP contribution in [-0.4, -0.2) is 38.2 Å². The minimum atomic E-state index is -3.26. The van der Waals surface area contributed by atoms with Crippen molar-refractivity contribution >= 4 is 31.6 Å². The normalized spacial score (nSPS) is 15.0. The Labute approximate surface area is 141 Å². The minimum Gasteiger partial charge on any atom is -0.366 e. The molecule has 0 fully saturated rings. The third-order valence-electron chi connectivity index (χ3n) is 2.98. The fourth-order valence-corrected chi connectivity index (χ4v) is 2.84. The van der Waals surface area contributed by atoms with E-state index in [1.54, 1.807) is 0 Å². The van der Waals surface area contributed by atoms with E-state index in [0.717, 1.165) is 0 Å². The lowest BCUT2D eigenvalue weighted by Gasteiger charge is -2.16. The van der Waals surface area contributed by atoms with E-state index < -0.39 is 15.8 Å². The topological polar surface area (TPSA) is 94.1 Å². The van der Waals surface area contributed by atoms with Crippen LogP contribution in [0.1, 0.15) is 6.42 Å². The third kappa shape index (κ3) is 4.78. The molecule has 0 unspecified atom stereocenters. The van der Waals surface area contributed by atoms with Gasteiger partial charge in [-0.05, 0) is 47.6 Å². The van der Waals surface area contributed by atoms with Crippen molar-refractivity contribution in [3.8, 4) is 0 Å². The Balaban J connectivity index is 1.93. The Hall–Kier alpha value is -1.40. The molecule has 3 N–H and O–H groups in total. The number of nitrogens with one attached hydrogen (secondary N) is 2. The summed E-state index contributed by atoms with van der Waals surface area (Å²) in [6.07, 6.45) is 1.79. The van der Waals surface area contributed by atoms with Gasteiger partial charge >= 0.3 is 0 Å². The van der Waals surface area contributed by atoms with Crippen LogP contribution in [0.5, 0.6) is 0 Å². The van der Waals surface area contributed by atoms with Crippen molar-refractivity contribution in [1.29, 1.82) is 0 Å². The second kappa shape index (κ2) is 7.45. The first-order valence-corrected chi connectivity index (χ1v) is 9.05. The van der Waals surface area contributed by atoms with Gasteiger partial charge in [0.1, 0.15) is 5.82 Å². The fraction of sp³-hybridized carbons (Fsp3) is 0.333. The van der Waals surface area contributed by atoms with Crippen LogP contribution in [0.3, 0.4) is 0 Å². The largest absolute Gasteiger partial charge is 0.366 e. The maximum atomic E-state index is 13.2. The van der Waals surface area contributed by atoms with E-state index in [9.17, 15) is 18.0 Å². The van der Waals surface area contributed by atoms with E-state index >= 15 is 0 Å². The molecule has 0 saturated heterocycles. The molecule has 23 heavy (non-hydrogen) atoms. The Kier molecular flexibility index (Phi) is 5.81. The summed E-state index contributed by atoms with van der Waals surface area (Å²) in [4.78, 5) is 5.07. The van der Waals surface area contributed by atoms with Gasteiger partial charge in [0.25, 0.3) is 0 Å². The molecule has 1 aromatic carbocycles. The van der Waals surface area contributed by atoms with Crippen molar-refractivity contribution in [3.05, 3.63) is 40.5 Å². The summed E-state index contributed by atoms with van der Waals surface area (Å²) in [7, 11) is -1.91. The predicted octanol–water partition coefficient (Wildman–Crippen LogP) is 1.27. The lowest BCUT2D eigenvalue weighted by atomic mass is 10.3. The van der Waals surface area contributed by atoms with E-state index in [1.807, 2.05) is 0 Å². The summed E-state index contributed by atoms with van der Waals surface area (Å²) >= 11 is 3.07. The van der Waals surface area contributed by atoms with Crippen LogP contribution in [0, 0.1) is 5.82 Å². The van der Waals surface area contributed by atoms with E-state index in [2.05, 4.69) is 26.0 Å². The van der Waals surface area contributed by atoms with Crippen LogP contribution in [0.15, 0.2) is 34.7 Å². The first kappa shape index (κ1) is 17.9. The molecule has 0 bridgehead atoms. The van der Waals surface area contributed by atoms with Gasteiger partial charge in [0.05, 0.1) is 22.1 Å². The second-order valence-electron chi connectivity index (χ2n) is 4.60. The Morgan fingerprint density at radius 3 is 2.83 bits per heavy atom. The van der Waals surface area contributed by atoms with Crippen molar-refractivity contribution in [3.63, 3.8) is 0 Å². The summed E-state index contributed by atoms with van der Waals surface area (Å²) < 4.78 is 38.3. The molecule has 0 saturated carbocycles. The van der Waals surface area contributed by atoms with E-state index in [0.29, 0.717) is 23.9 Å². The number of hydrogen-bond acceptors (Lipinski definition) is 7. The van der Waals surface area contributed by atoms with Crippen LogP contribution in [-0.2, 0) is 15.0 Å². The highest BCUT2D eigenvalue weighted by molar-refractivity contribution is 9.10. The Bertz CT molecular complexity index is 700. The van der Waals surface area contributed by atoms with Crippen LogP contribution in [0.25, 0.3) is 0 Å². The van der Waals surface area contributed by atoms with Gasteiger partial charge in [-0.2, -0.15) is 5.06 Å². The van der Waals surface area contributed by atoms with Crippen molar-refractivity contribution < 1.29 is 23.0 Å². The Morgan fingerprint density at radius 1 is 1.43 bits per heavy atom. The maximum absolute atomic E-state index is 13.2. The monoisotopic (exact) mass is 410 g/mol. The molecule has 0 amide bonds. The molecule has 0 aromatic heterocycles. The van der Waals surface area contributed by atoms with E-state index in [1.165, 1.54) is 36.5 Å². The highest BCUT2D eigenvalue weighted by atomic mass is 79.9. The number of halogens is 2. The molecule has 8 nitrogen and oxygen atoms in total. The van der Waals surface area contributed by atoms with Gasteiger partial charge in [0, 0.05) is 6.54 Å². The lowest BCUT2D eigenvalue weighted by molar-refractivity contribution is -0.306. The molecule has 0 atom stereocenters. The lowest BCUT2D eigenvalue weighted by Crippen LogP contribution is -2.29. The number of hydrogen-bond donors (Lipinski definition) is 3. The number of rotatable bonds is 7. The highest BCUT2D eigenvalue weighted by Gasteiger charge is 2.23. The van der Waals surface area contributed by atoms with Gasteiger partial charge < -0.3 is 5.32 Å². The average Bonchev–Trinajstić information content (AvgIpc) is 2.88. The summed E-state index contributed by atoms with van der Waals surface area (Å²) in [5.41, 5.74) is 0.492. The molecule has 128 valence electrons. The number of sulfonamides is 1. The van der Waals surface area contributed by atoms with Crippen LogP contribution >= 0.6 is 15.9 Å². The molecule has 1 aliphatic heterocycles. The third-order valence-corrected chi connectivity index (χ3v) is 5.03. The second-order valence-corrected chi connectivity index (χ2v) is 7.50. The van der Waals surface area contributed by atoms with Crippen molar-refractivity contribution in [1.82, 2.24) is 15.3 Å². The molecule has 0 aliphatic carbocycles. The molecule has 0 radical (unpaired) electrons. The van der Waals surface area contributed by atoms with E-state index in [-0.39, 0.29) is 16.0 Å². The maximum Gasteiger partial charge on any atom is 0.211 e. The standard InChI is InChI=1S/C12H16BrFN4O4S/c1-15-23(20,21)6-2-5-16-12-8-17(22-18(12)19)9-3-4-11(14)10(13)7-9/h3-4,7-8,15-16,19H,2,5-6H2,1H3. The summed E-state index contributed by atoms with van der Waals surface area (Å²) in [6.45, 7) is 0.314. The number of anilines is 1. The minimum absolute atomic E-state index is 0.0370. The van der Waals surface area contributed by atoms with Crippen LogP contribution < -0.4 is 15.1 Å². The molecule has 11 heteroatoms. The van der Waals surface area contributed by atoms with Gasteiger partial charge in [0.15, 0.2) is 5.82 Å². The molecule has 0 spiro atoms. The number of hydroxylamine groups is 3. The zero-order valence-electron chi connectivity index (χ0n) is 12.2. The number of nitrogens with zero attached hydrogens (tertiary/aromatic N) is 2. The average molecular weight is 411 g/mol. The summed E-state index contributed by atoms with van der Waals surface area (Å²) in [5.74, 6) is -0.223. The first-order valence-electron chi connectivity index (χ1n) is 6.60. The SMILES string of the molecule is CNS(=O)(=O)CCCNC1=CN(c2ccc(F)c(Br)c2)ON1O. The number of benzene rings is 1. The van der Waals surface area contributed by atoms with Crippen molar-refractivity contribution in [2.45, 2.75) is 6.42 Å². The van der Waals surface area contributed by atoms with Gasteiger partial charge in [-0.25, -0.2) is 17.5 Å². The fourth-order valence-electron chi connectivity index (χ4n) is 1.75. The highest BCUT2D eigenvalue weighted by Crippen LogP contribution is 2.27. The van der Waals surface area contributed by atoms with Gasteiger partial charge in [0.2, 0.25) is 10.0 Å². The quantitative estimate of drug-likeness (QED) is 0.582. The zero-order chi connectivity index (χ0) is 17.0. The molecule has 1 aliphatic rings. The zero-order valence-corrected chi connectivity index (χ0v) is 14.6. The molecule has 1 aromatic rings. The molecular weight excluding hydrogens is 395 g/mol. The van der Waals surface area contributed by atoms with Crippen LogP contribution in [0.2, 0.25) is 0 Å². The van der Waals surface area contributed by atoms with Crippen molar-refractivity contribution in [2.24, 2.45) is 0 Å². The summed E-state index contributed by atoms with van der Waals surface area (Å²) in [5, 5.41) is 14.3. The van der Waals surface area contributed by atoms with Gasteiger partial charge in [-0.1, -0.05) is 5.23 Å². The van der Waals surface area contributed by atoms with Gasteiger partial charge in [-0.3, -0.25) is 5.21 Å². The van der Waals surface area contributed by atoms with Crippen LogP contribution in [0.4, 0.5) is 10.1 Å². The van der Waals surface area contributed by atoms with Crippen molar-refractivity contribution in [2.75, 3.05) is 24.4 Å². The predicted molar refractivity (Wildman–Crippen MR) is 84.8 cm³/mol. The van der Waals surface area contributed by atoms with Gasteiger partial charge in [-0.15, -0.1) is 4.94 Å². The molecule has 1 heterocycles. The molecular formula is C12H16BrFN4O4S. The first-order chi connectivity index (χ1) is 10.8. The van der Waals surface area contributed by atoms with E-state index in [4.69, 9.17) is 4.94 Å².